The average Bonchev–Trinajstić information content (AvgIpc) is 2.28. The van der Waals surface area contributed by atoms with Gasteiger partial charge in [-0.3, -0.25) is 0 Å². The van der Waals surface area contributed by atoms with E-state index in [1.54, 1.807) is 12.1 Å². The highest BCUT2D eigenvalue weighted by molar-refractivity contribution is 5.92. The fourth-order valence-electron chi connectivity index (χ4n) is 1.45. The highest BCUT2D eigenvalue weighted by atomic mass is 35.5. The van der Waals surface area contributed by atoms with Crippen LogP contribution < -0.4 is 10.5 Å². The fraction of sp³-hybridized carbons (Fsp3) is 0.364. The first-order valence-electron chi connectivity index (χ1n) is 4.68. The minimum absolute atomic E-state index is 0. The number of ether oxygens (including phenoxy) is 2. The molecule has 16 heavy (non-hydrogen) atoms. The Balaban J connectivity index is 0.00000225. The van der Waals surface area contributed by atoms with Crippen molar-refractivity contribution in [3.05, 3.63) is 29.3 Å². The summed E-state index contributed by atoms with van der Waals surface area (Å²) in [6, 6.07) is 5.35. The van der Waals surface area contributed by atoms with Gasteiger partial charge in [-0.15, -0.1) is 12.4 Å². The maximum atomic E-state index is 11.4. The molecule has 0 spiro atoms. The molecule has 0 radical (unpaired) electrons. The number of halogens is 1. The maximum Gasteiger partial charge on any atom is 0.341 e. The molecule has 0 bridgehead atoms. The molecule has 4 nitrogen and oxygen atoms in total. The second-order valence-corrected chi connectivity index (χ2v) is 3.03. The lowest BCUT2D eigenvalue weighted by atomic mass is 10.1. The molecule has 2 N–H and O–H groups in total. The van der Waals surface area contributed by atoms with Crippen LogP contribution in [0, 0.1) is 0 Å². The molecule has 0 amide bonds. The summed E-state index contributed by atoms with van der Waals surface area (Å²) in [6.45, 7) is 0.515. The molecule has 0 unspecified atom stereocenters. The van der Waals surface area contributed by atoms with E-state index in [0.717, 1.165) is 5.56 Å². The molecule has 1 aromatic carbocycles. The summed E-state index contributed by atoms with van der Waals surface area (Å²) < 4.78 is 9.86. The smallest absolute Gasteiger partial charge is 0.341 e. The lowest BCUT2D eigenvalue weighted by Gasteiger charge is -2.11. The number of benzene rings is 1. The number of rotatable bonds is 4. The Labute approximate surface area is 101 Å². The summed E-state index contributed by atoms with van der Waals surface area (Å²) in [5.74, 6) is 0.153. The molecule has 0 aromatic heterocycles. The number of carbonyl (C=O) groups excluding carboxylic acids is 1. The number of esters is 1. The minimum atomic E-state index is -0.397. The van der Waals surface area contributed by atoms with Crippen molar-refractivity contribution in [2.75, 3.05) is 20.8 Å². The Morgan fingerprint density at radius 1 is 1.38 bits per heavy atom. The molecule has 0 heterocycles. The summed E-state index contributed by atoms with van der Waals surface area (Å²) in [6.07, 6.45) is 0.675. The van der Waals surface area contributed by atoms with Crippen LogP contribution in [0.3, 0.4) is 0 Å². The zero-order valence-electron chi connectivity index (χ0n) is 9.36. The van der Waals surface area contributed by atoms with Crippen molar-refractivity contribution in [2.45, 2.75) is 6.42 Å². The minimum Gasteiger partial charge on any atom is -0.496 e. The zero-order chi connectivity index (χ0) is 11.3. The largest absolute Gasteiger partial charge is 0.496 e. The van der Waals surface area contributed by atoms with Gasteiger partial charge in [-0.1, -0.05) is 12.1 Å². The van der Waals surface area contributed by atoms with Crippen LogP contribution in [-0.4, -0.2) is 26.7 Å². The van der Waals surface area contributed by atoms with E-state index >= 15 is 0 Å². The van der Waals surface area contributed by atoms with Crippen molar-refractivity contribution >= 4 is 18.4 Å². The SMILES string of the molecule is COC(=O)c1cccc(CCN)c1OC.Cl. The quantitative estimate of drug-likeness (QED) is 0.815. The first-order chi connectivity index (χ1) is 7.24. The van der Waals surface area contributed by atoms with E-state index in [-0.39, 0.29) is 12.4 Å². The van der Waals surface area contributed by atoms with Crippen LogP contribution in [0.4, 0.5) is 0 Å². The molecular formula is C11H16ClNO3. The molecule has 0 saturated heterocycles. The molecule has 1 aromatic rings. The predicted molar refractivity (Wildman–Crippen MR) is 64.3 cm³/mol. The third kappa shape index (κ3) is 3.12. The Morgan fingerprint density at radius 2 is 2.06 bits per heavy atom. The molecule has 0 saturated carbocycles. The van der Waals surface area contributed by atoms with Crippen molar-refractivity contribution in [2.24, 2.45) is 5.73 Å². The first-order valence-corrected chi connectivity index (χ1v) is 4.68. The van der Waals surface area contributed by atoms with Crippen LogP contribution in [0.25, 0.3) is 0 Å². The Hall–Kier alpha value is -1.26. The van der Waals surface area contributed by atoms with E-state index in [1.807, 2.05) is 6.07 Å². The number of nitrogens with two attached hydrogens (primary N) is 1. The van der Waals surface area contributed by atoms with Crippen molar-refractivity contribution in [1.82, 2.24) is 0 Å². The molecule has 5 heteroatoms. The van der Waals surface area contributed by atoms with Gasteiger partial charge in [-0.25, -0.2) is 4.79 Å². The highest BCUT2D eigenvalue weighted by Crippen LogP contribution is 2.24. The number of carbonyl (C=O) groups is 1. The van der Waals surface area contributed by atoms with E-state index < -0.39 is 5.97 Å². The summed E-state index contributed by atoms with van der Waals surface area (Å²) in [4.78, 5) is 11.4. The summed E-state index contributed by atoms with van der Waals surface area (Å²) in [5, 5.41) is 0. The van der Waals surface area contributed by atoms with E-state index in [1.165, 1.54) is 14.2 Å². The van der Waals surface area contributed by atoms with Crippen molar-refractivity contribution in [3.8, 4) is 5.75 Å². The molecule has 0 aliphatic carbocycles. The molecular weight excluding hydrogens is 230 g/mol. The van der Waals surface area contributed by atoms with Gasteiger partial charge in [0, 0.05) is 0 Å². The van der Waals surface area contributed by atoms with Gasteiger partial charge in [0.05, 0.1) is 14.2 Å². The Bertz CT molecular complexity index is 355. The highest BCUT2D eigenvalue weighted by Gasteiger charge is 2.15. The van der Waals surface area contributed by atoms with Crippen LogP contribution in [0.15, 0.2) is 18.2 Å². The van der Waals surface area contributed by atoms with Crippen molar-refractivity contribution < 1.29 is 14.3 Å². The van der Waals surface area contributed by atoms with E-state index in [2.05, 4.69) is 4.74 Å². The lowest BCUT2D eigenvalue weighted by molar-refractivity contribution is 0.0597. The average molecular weight is 246 g/mol. The van der Waals surface area contributed by atoms with E-state index in [0.29, 0.717) is 24.3 Å². The van der Waals surface area contributed by atoms with Crippen LogP contribution in [0.1, 0.15) is 15.9 Å². The normalized spacial score (nSPS) is 9.19. The van der Waals surface area contributed by atoms with Gasteiger partial charge in [0.1, 0.15) is 11.3 Å². The third-order valence-corrected chi connectivity index (χ3v) is 2.12. The standard InChI is InChI=1S/C11H15NO3.ClH/c1-14-10-8(6-7-12)4-3-5-9(10)11(13)15-2;/h3-5H,6-7,12H2,1-2H3;1H. The monoisotopic (exact) mass is 245 g/mol. The lowest BCUT2D eigenvalue weighted by Crippen LogP contribution is -2.09. The van der Waals surface area contributed by atoms with Crippen molar-refractivity contribution in [3.63, 3.8) is 0 Å². The zero-order valence-corrected chi connectivity index (χ0v) is 10.2. The van der Waals surface area contributed by atoms with Crippen LogP contribution >= 0.6 is 12.4 Å². The number of hydrogen-bond donors (Lipinski definition) is 1. The summed E-state index contributed by atoms with van der Waals surface area (Å²) in [5.41, 5.74) is 6.83. The third-order valence-electron chi connectivity index (χ3n) is 2.12. The van der Waals surface area contributed by atoms with Gasteiger partial charge in [0.25, 0.3) is 0 Å². The van der Waals surface area contributed by atoms with Gasteiger partial charge < -0.3 is 15.2 Å². The van der Waals surface area contributed by atoms with Crippen molar-refractivity contribution in [1.29, 1.82) is 0 Å². The molecule has 1 rings (SSSR count). The maximum absolute atomic E-state index is 11.4. The topological polar surface area (TPSA) is 61.5 Å². The first kappa shape index (κ1) is 14.7. The second-order valence-electron chi connectivity index (χ2n) is 3.03. The molecule has 0 aliphatic rings. The molecule has 90 valence electrons. The Kier molecular flexibility index (Phi) is 6.53. The number of methoxy groups -OCH3 is 2. The predicted octanol–water partition coefficient (Wildman–Crippen LogP) is 1.40. The van der Waals surface area contributed by atoms with Gasteiger partial charge >= 0.3 is 5.97 Å². The molecule has 0 fully saturated rings. The van der Waals surface area contributed by atoms with Crippen LogP contribution in [0.2, 0.25) is 0 Å². The van der Waals surface area contributed by atoms with E-state index in [9.17, 15) is 4.79 Å². The fourth-order valence-corrected chi connectivity index (χ4v) is 1.45. The molecule has 0 aliphatic heterocycles. The number of para-hydroxylation sites is 1. The summed E-state index contributed by atoms with van der Waals surface area (Å²) >= 11 is 0. The van der Waals surface area contributed by atoms with Gasteiger partial charge in [0.15, 0.2) is 0 Å². The van der Waals surface area contributed by atoms with Gasteiger partial charge in [0.2, 0.25) is 0 Å². The van der Waals surface area contributed by atoms with Gasteiger partial charge in [-0.2, -0.15) is 0 Å². The second kappa shape index (κ2) is 7.09. The van der Waals surface area contributed by atoms with Crippen LogP contribution in [-0.2, 0) is 11.2 Å². The Morgan fingerprint density at radius 3 is 2.56 bits per heavy atom. The van der Waals surface area contributed by atoms with Gasteiger partial charge in [-0.05, 0) is 24.6 Å². The van der Waals surface area contributed by atoms with Crippen LogP contribution in [0.5, 0.6) is 5.75 Å². The summed E-state index contributed by atoms with van der Waals surface area (Å²) in [7, 11) is 2.87. The molecule has 0 atom stereocenters. The number of hydrogen-bond acceptors (Lipinski definition) is 4. The van der Waals surface area contributed by atoms with E-state index in [4.69, 9.17) is 10.5 Å².